The van der Waals surface area contributed by atoms with Gasteiger partial charge in [0.25, 0.3) is 0 Å². The molecule has 0 aliphatic heterocycles. The minimum absolute atomic E-state index is 0.381. The van der Waals surface area contributed by atoms with Crippen LogP contribution in [0.3, 0.4) is 0 Å². The van der Waals surface area contributed by atoms with Crippen molar-refractivity contribution >= 4 is 0 Å². The van der Waals surface area contributed by atoms with Gasteiger partial charge in [-0.15, -0.1) is 5.10 Å². The van der Waals surface area contributed by atoms with E-state index in [4.69, 9.17) is 9.47 Å². The van der Waals surface area contributed by atoms with Crippen LogP contribution in [0.1, 0.15) is 5.56 Å². The second-order valence-electron chi connectivity index (χ2n) is 6.61. The second kappa shape index (κ2) is 8.10. The van der Waals surface area contributed by atoms with Crippen LogP contribution < -0.4 is 9.47 Å². The first kappa shape index (κ1) is 20.4. The van der Waals surface area contributed by atoms with Gasteiger partial charge in [-0.1, -0.05) is 12.1 Å². The first-order valence-electron chi connectivity index (χ1n) is 9.19. The highest BCUT2D eigenvalue weighted by Crippen LogP contribution is 2.36. The molecule has 0 amide bonds. The third kappa shape index (κ3) is 4.07. The topological polar surface area (TPSA) is 62.1 Å². The number of hydrogen-bond donors (Lipinski definition) is 0. The molecule has 0 fully saturated rings. The molecule has 0 saturated heterocycles. The van der Waals surface area contributed by atoms with E-state index < -0.39 is 11.7 Å². The summed E-state index contributed by atoms with van der Waals surface area (Å²) in [4.78, 5) is 0. The van der Waals surface area contributed by atoms with E-state index >= 15 is 0 Å². The van der Waals surface area contributed by atoms with E-state index in [1.165, 1.54) is 16.8 Å². The number of rotatable bonds is 5. The van der Waals surface area contributed by atoms with Crippen LogP contribution in [-0.4, -0.2) is 34.4 Å². The van der Waals surface area contributed by atoms with Crippen molar-refractivity contribution in [2.24, 2.45) is 0 Å². The van der Waals surface area contributed by atoms with Gasteiger partial charge in [-0.3, -0.25) is 0 Å². The van der Waals surface area contributed by atoms with E-state index in [9.17, 15) is 13.2 Å². The molecule has 0 saturated carbocycles. The molecule has 0 radical (unpaired) electrons. The maximum atomic E-state index is 12.9. The zero-order valence-corrected chi connectivity index (χ0v) is 16.6. The van der Waals surface area contributed by atoms with Crippen LogP contribution in [0.4, 0.5) is 13.2 Å². The smallest absolute Gasteiger partial charge is 0.416 e. The number of ether oxygens (including phenoxy) is 2. The molecular formula is C22H17F3N4O2. The molecule has 1 heterocycles. The van der Waals surface area contributed by atoms with E-state index in [1.54, 1.807) is 26.4 Å². The average Bonchev–Trinajstić information content (AvgIpc) is 3.28. The van der Waals surface area contributed by atoms with Crippen molar-refractivity contribution in [3.05, 3.63) is 72.3 Å². The quantitative estimate of drug-likeness (QED) is 0.448. The van der Waals surface area contributed by atoms with Gasteiger partial charge in [0.15, 0.2) is 5.82 Å². The third-order valence-electron chi connectivity index (χ3n) is 4.75. The minimum atomic E-state index is -4.41. The highest BCUT2D eigenvalue weighted by atomic mass is 19.4. The monoisotopic (exact) mass is 426 g/mol. The van der Waals surface area contributed by atoms with Crippen LogP contribution >= 0.6 is 0 Å². The maximum Gasteiger partial charge on any atom is 0.416 e. The molecule has 158 valence electrons. The van der Waals surface area contributed by atoms with Gasteiger partial charge in [-0.2, -0.15) is 17.9 Å². The molecule has 1 aromatic heterocycles. The van der Waals surface area contributed by atoms with Crippen molar-refractivity contribution in [3.8, 4) is 39.7 Å². The molecule has 3 aromatic carbocycles. The summed E-state index contributed by atoms with van der Waals surface area (Å²) in [5.74, 6) is 1.72. The van der Waals surface area contributed by atoms with Crippen LogP contribution in [-0.2, 0) is 6.18 Å². The van der Waals surface area contributed by atoms with E-state index in [0.717, 1.165) is 23.3 Å². The summed E-state index contributed by atoms with van der Waals surface area (Å²) in [6, 6.07) is 17.6. The maximum absolute atomic E-state index is 12.9. The predicted molar refractivity (Wildman–Crippen MR) is 108 cm³/mol. The first-order chi connectivity index (χ1) is 14.9. The first-order valence-corrected chi connectivity index (χ1v) is 9.19. The highest BCUT2D eigenvalue weighted by Gasteiger charge is 2.30. The lowest BCUT2D eigenvalue weighted by molar-refractivity contribution is -0.137. The Morgan fingerprint density at radius 2 is 1.61 bits per heavy atom. The second-order valence-corrected chi connectivity index (χ2v) is 6.61. The van der Waals surface area contributed by atoms with Gasteiger partial charge in [0, 0.05) is 11.1 Å². The van der Waals surface area contributed by atoms with Gasteiger partial charge in [0.1, 0.15) is 11.5 Å². The van der Waals surface area contributed by atoms with Gasteiger partial charge in [-0.25, -0.2) is 0 Å². The normalized spacial score (nSPS) is 11.4. The molecule has 0 spiro atoms. The van der Waals surface area contributed by atoms with Crippen molar-refractivity contribution < 1.29 is 22.6 Å². The number of halogens is 3. The predicted octanol–water partition coefficient (Wildman–Crippen LogP) is 5.03. The Labute approximate surface area is 175 Å². The number of methoxy groups -OCH3 is 2. The number of tetrazole rings is 1. The Hall–Kier alpha value is -3.88. The molecule has 4 rings (SSSR count). The molecule has 0 bridgehead atoms. The standard InChI is InChI=1S/C22H17F3N4O2/c1-30-18-5-3-4-14(12-18)19-13-15(6-11-20(19)31-2)21-26-27-28-29(21)17-9-7-16(8-10-17)22(23,24)25/h3-13H,1-2H3. The number of aromatic nitrogens is 4. The van der Waals surface area contributed by atoms with Gasteiger partial charge in [0.2, 0.25) is 0 Å². The summed E-state index contributed by atoms with van der Waals surface area (Å²) in [6.45, 7) is 0. The fourth-order valence-electron chi connectivity index (χ4n) is 3.20. The number of benzene rings is 3. The van der Waals surface area contributed by atoms with Crippen LogP contribution in [0.2, 0.25) is 0 Å². The zero-order valence-electron chi connectivity index (χ0n) is 16.6. The van der Waals surface area contributed by atoms with E-state index in [0.29, 0.717) is 28.6 Å². The van der Waals surface area contributed by atoms with E-state index in [1.807, 2.05) is 30.3 Å². The van der Waals surface area contributed by atoms with E-state index in [2.05, 4.69) is 15.5 Å². The Balaban J connectivity index is 1.77. The summed E-state index contributed by atoms with van der Waals surface area (Å²) >= 11 is 0. The molecular weight excluding hydrogens is 409 g/mol. The Bertz CT molecular complexity index is 1200. The lowest BCUT2D eigenvalue weighted by atomic mass is 10.0. The highest BCUT2D eigenvalue weighted by molar-refractivity contribution is 5.77. The molecule has 0 atom stereocenters. The van der Waals surface area contributed by atoms with Crippen molar-refractivity contribution in [3.63, 3.8) is 0 Å². The molecule has 0 aliphatic carbocycles. The Kier molecular flexibility index (Phi) is 5.33. The van der Waals surface area contributed by atoms with Crippen LogP contribution in [0.25, 0.3) is 28.2 Å². The van der Waals surface area contributed by atoms with Gasteiger partial charge in [-0.05, 0) is 70.6 Å². The van der Waals surface area contributed by atoms with Crippen molar-refractivity contribution in [2.45, 2.75) is 6.18 Å². The Morgan fingerprint density at radius 3 is 2.29 bits per heavy atom. The Morgan fingerprint density at radius 1 is 0.839 bits per heavy atom. The number of nitrogens with zero attached hydrogens (tertiary/aromatic N) is 4. The molecule has 6 nitrogen and oxygen atoms in total. The molecule has 9 heteroatoms. The molecule has 0 N–H and O–H groups in total. The summed E-state index contributed by atoms with van der Waals surface area (Å²) in [5.41, 5.74) is 2.00. The van der Waals surface area contributed by atoms with Crippen molar-refractivity contribution in [1.82, 2.24) is 20.2 Å². The van der Waals surface area contributed by atoms with E-state index in [-0.39, 0.29) is 0 Å². The molecule has 31 heavy (non-hydrogen) atoms. The fourth-order valence-corrected chi connectivity index (χ4v) is 3.20. The summed E-state index contributed by atoms with van der Waals surface area (Å²) in [5, 5.41) is 11.7. The fraction of sp³-hybridized carbons (Fsp3) is 0.136. The SMILES string of the molecule is COc1cccc(-c2cc(-c3nnnn3-c3ccc(C(F)(F)F)cc3)ccc2OC)c1. The molecule has 0 unspecified atom stereocenters. The van der Waals surface area contributed by atoms with Gasteiger partial charge < -0.3 is 9.47 Å². The van der Waals surface area contributed by atoms with Crippen LogP contribution in [0.15, 0.2) is 66.7 Å². The summed E-state index contributed by atoms with van der Waals surface area (Å²) in [6.07, 6.45) is -4.41. The van der Waals surface area contributed by atoms with Crippen LogP contribution in [0.5, 0.6) is 11.5 Å². The zero-order chi connectivity index (χ0) is 22.0. The van der Waals surface area contributed by atoms with Crippen LogP contribution in [0, 0.1) is 0 Å². The van der Waals surface area contributed by atoms with Gasteiger partial charge in [0.05, 0.1) is 25.5 Å². The lowest BCUT2D eigenvalue weighted by Gasteiger charge is -2.12. The number of alkyl halides is 3. The molecule has 4 aromatic rings. The average molecular weight is 426 g/mol. The largest absolute Gasteiger partial charge is 0.497 e. The van der Waals surface area contributed by atoms with Crippen molar-refractivity contribution in [1.29, 1.82) is 0 Å². The number of hydrogen-bond acceptors (Lipinski definition) is 5. The van der Waals surface area contributed by atoms with Crippen molar-refractivity contribution in [2.75, 3.05) is 14.2 Å². The third-order valence-corrected chi connectivity index (χ3v) is 4.75. The van der Waals surface area contributed by atoms with Gasteiger partial charge >= 0.3 is 6.18 Å². The minimum Gasteiger partial charge on any atom is -0.497 e. The summed E-state index contributed by atoms with van der Waals surface area (Å²) < 4.78 is 50.8. The summed E-state index contributed by atoms with van der Waals surface area (Å²) in [7, 11) is 3.16. The lowest BCUT2D eigenvalue weighted by Crippen LogP contribution is -2.06. The molecule has 0 aliphatic rings.